The quantitative estimate of drug-likeness (QED) is 0.537. The second kappa shape index (κ2) is 6.53. The van der Waals surface area contributed by atoms with Gasteiger partial charge in [-0.25, -0.2) is 8.78 Å². The Labute approximate surface area is 124 Å². The number of rotatable bonds is 4. The lowest BCUT2D eigenvalue weighted by Gasteiger charge is -2.12. The smallest absolute Gasteiger partial charge is 0.252 e. The van der Waals surface area contributed by atoms with Gasteiger partial charge in [0.05, 0.1) is 5.25 Å². The Hall–Kier alpha value is -2.15. The van der Waals surface area contributed by atoms with Crippen molar-refractivity contribution in [2.75, 3.05) is 5.32 Å². The van der Waals surface area contributed by atoms with Gasteiger partial charge in [0.15, 0.2) is 6.20 Å². The molecule has 1 heterocycles. The van der Waals surface area contributed by atoms with E-state index in [0.717, 1.165) is 23.9 Å². The van der Waals surface area contributed by atoms with E-state index >= 15 is 0 Å². The fourth-order valence-electron chi connectivity index (χ4n) is 1.58. The van der Waals surface area contributed by atoms with E-state index < -0.39 is 28.5 Å². The molecule has 1 aromatic carbocycles. The number of anilines is 1. The molecular formula is C14H12F2N2O2S. The van der Waals surface area contributed by atoms with Crippen LogP contribution in [0.5, 0.6) is 0 Å². The molecule has 110 valence electrons. The molecule has 21 heavy (non-hydrogen) atoms. The lowest BCUT2D eigenvalue weighted by atomic mass is 10.3. The predicted molar refractivity (Wildman–Crippen MR) is 75.7 cm³/mol. The number of para-hydroxylation sites is 1. The molecule has 0 unspecified atom stereocenters. The Kier molecular flexibility index (Phi) is 4.74. The van der Waals surface area contributed by atoms with Crippen LogP contribution >= 0.6 is 11.8 Å². The summed E-state index contributed by atoms with van der Waals surface area (Å²) in [5, 5.41) is 13.3. The fourth-order valence-corrected chi connectivity index (χ4v) is 2.43. The third kappa shape index (κ3) is 3.69. The Morgan fingerprint density at radius 3 is 2.52 bits per heavy atom. The normalized spacial score (nSPS) is 12.0. The molecule has 4 nitrogen and oxygen atoms in total. The van der Waals surface area contributed by atoms with Crippen molar-refractivity contribution in [3.8, 4) is 0 Å². The van der Waals surface area contributed by atoms with E-state index in [4.69, 9.17) is 0 Å². The summed E-state index contributed by atoms with van der Waals surface area (Å²) in [6.45, 7) is 1.55. The van der Waals surface area contributed by atoms with Crippen molar-refractivity contribution < 1.29 is 18.3 Å². The molecule has 0 bridgehead atoms. The van der Waals surface area contributed by atoms with Gasteiger partial charge < -0.3 is 10.5 Å². The monoisotopic (exact) mass is 310 g/mol. The average molecular weight is 310 g/mol. The molecule has 0 aliphatic rings. The van der Waals surface area contributed by atoms with Crippen LogP contribution in [0.1, 0.15) is 6.92 Å². The van der Waals surface area contributed by atoms with E-state index in [1.165, 1.54) is 12.3 Å². The minimum absolute atomic E-state index is 0.328. The highest BCUT2D eigenvalue weighted by atomic mass is 32.2. The number of nitrogens with one attached hydrogen (secondary N) is 1. The molecule has 0 fully saturated rings. The van der Waals surface area contributed by atoms with Crippen molar-refractivity contribution in [3.63, 3.8) is 0 Å². The number of nitrogens with zero attached hydrogens (tertiary/aromatic N) is 1. The summed E-state index contributed by atoms with van der Waals surface area (Å²) >= 11 is 1.00. The first-order valence-corrected chi connectivity index (χ1v) is 6.96. The lowest BCUT2D eigenvalue weighted by Crippen LogP contribution is -2.31. The van der Waals surface area contributed by atoms with Crippen molar-refractivity contribution in [2.24, 2.45) is 0 Å². The first-order chi connectivity index (χ1) is 9.99. The lowest BCUT2D eigenvalue weighted by molar-refractivity contribution is -0.645. The maximum atomic E-state index is 13.4. The largest absolute Gasteiger partial charge is 0.618 e. The van der Waals surface area contributed by atoms with Crippen LogP contribution in [-0.4, -0.2) is 11.2 Å². The third-order valence-corrected chi connectivity index (χ3v) is 3.79. The third-order valence-electron chi connectivity index (χ3n) is 2.67. The molecule has 0 aliphatic carbocycles. The number of pyridine rings is 1. The Bertz CT molecular complexity index is 647. The van der Waals surface area contributed by atoms with Gasteiger partial charge in [-0.2, -0.15) is 4.73 Å². The van der Waals surface area contributed by atoms with Crippen LogP contribution in [0.15, 0.2) is 47.6 Å². The van der Waals surface area contributed by atoms with Gasteiger partial charge in [-0.05, 0) is 36.9 Å². The molecule has 0 aliphatic heterocycles. The zero-order valence-electron chi connectivity index (χ0n) is 11.0. The Balaban J connectivity index is 2.08. The topological polar surface area (TPSA) is 56.0 Å². The maximum absolute atomic E-state index is 13.4. The first-order valence-electron chi connectivity index (χ1n) is 6.09. The van der Waals surface area contributed by atoms with Crippen molar-refractivity contribution in [1.82, 2.24) is 0 Å². The summed E-state index contributed by atoms with van der Waals surface area (Å²) in [5.74, 6) is -2.29. The molecule has 1 aromatic heterocycles. The number of carbonyl (C=O) groups excluding carboxylic acids is 1. The van der Waals surface area contributed by atoms with E-state index in [2.05, 4.69) is 5.32 Å². The molecule has 1 atom stereocenters. The number of halogens is 2. The summed E-state index contributed by atoms with van der Waals surface area (Å²) in [4.78, 5) is 12.0. The minimum atomic E-state index is -0.848. The van der Waals surface area contributed by atoms with Gasteiger partial charge in [0.2, 0.25) is 5.91 Å². The highest BCUT2D eigenvalue weighted by Gasteiger charge is 2.21. The molecule has 0 saturated heterocycles. The van der Waals surface area contributed by atoms with E-state index in [9.17, 15) is 18.8 Å². The maximum Gasteiger partial charge on any atom is 0.252 e. The van der Waals surface area contributed by atoms with Gasteiger partial charge in [-0.1, -0.05) is 6.07 Å². The molecule has 0 spiro atoms. The molecule has 2 rings (SSSR count). The van der Waals surface area contributed by atoms with Crippen molar-refractivity contribution in [2.45, 2.75) is 17.2 Å². The summed E-state index contributed by atoms with van der Waals surface area (Å²) < 4.78 is 27.5. The van der Waals surface area contributed by atoms with Gasteiger partial charge >= 0.3 is 0 Å². The molecular weight excluding hydrogens is 298 g/mol. The van der Waals surface area contributed by atoms with Crippen molar-refractivity contribution in [1.29, 1.82) is 0 Å². The van der Waals surface area contributed by atoms with Crippen LogP contribution in [0.3, 0.4) is 0 Å². The number of hydrogen-bond donors (Lipinski definition) is 1. The van der Waals surface area contributed by atoms with E-state index in [1.807, 2.05) is 0 Å². The number of hydrogen-bond acceptors (Lipinski definition) is 3. The van der Waals surface area contributed by atoms with Crippen LogP contribution in [0.25, 0.3) is 0 Å². The van der Waals surface area contributed by atoms with E-state index in [0.29, 0.717) is 9.76 Å². The van der Waals surface area contributed by atoms with Gasteiger partial charge in [-0.3, -0.25) is 4.79 Å². The highest BCUT2D eigenvalue weighted by Crippen LogP contribution is 2.23. The number of benzene rings is 1. The van der Waals surface area contributed by atoms with Gasteiger partial charge in [0.25, 0.3) is 5.03 Å². The average Bonchev–Trinajstić information content (AvgIpc) is 2.45. The Morgan fingerprint density at radius 2 is 1.90 bits per heavy atom. The molecule has 0 radical (unpaired) electrons. The van der Waals surface area contributed by atoms with E-state index in [-0.39, 0.29) is 0 Å². The van der Waals surface area contributed by atoms with Crippen LogP contribution in [-0.2, 0) is 4.79 Å². The SMILES string of the molecule is C[C@H](Sc1cccc[n+]1[O-])C(=O)Nc1c(F)cccc1F. The van der Waals surface area contributed by atoms with Crippen molar-refractivity contribution in [3.05, 3.63) is 59.4 Å². The first kappa shape index (κ1) is 15.2. The van der Waals surface area contributed by atoms with Gasteiger partial charge in [-0.15, -0.1) is 0 Å². The van der Waals surface area contributed by atoms with Crippen LogP contribution in [0, 0.1) is 16.8 Å². The number of aromatic nitrogens is 1. The van der Waals surface area contributed by atoms with Gasteiger partial charge in [0.1, 0.15) is 17.3 Å². The molecule has 0 saturated carbocycles. The number of thioether (sulfide) groups is 1. The van der Waals surface area contributed by atoms with Crippen LogP contribution in [0.4, 0.5) is 14.5 Å². The molecule has 7 heteroatoms. The minimum Gasteiger partial charge on any atom is -0.618 e. The Morgan fingerprint density at radius 1 is 1.24 bits per heavy atom. The van der Waals surface area contributed by atoms with Crippen LogP contribution < -0.4 is 10.0 Å². The standard InChI is InChI=1S/C14H12F2N2O2S/c1-9(21-12-7-2-3-8-18(12)20)14(19)17-13-10(15)5-4-6-11(13)16/h2-9H,1H3,(H,17,19)/t9-/m0/s1. The zero-order chi connectivity index (χ0) is 15.4. The molecule has 1 N–H and O–H groups in total. The molecule has 1 amide bonds. The summed E-state index contributed by atoms with van der Waals surface area (Å²) in [7, 11) is 0. The number of amides is 1. The summed E-state index contributed by atoms with van der Waals surface area (Å²) in [6, 6.07) is 8.11. The second-order valence-corrected chi connectivity index (χ2v) is 5.57. The number of carbonyl (C=O) groups is 1. The second-order valence-electron chi connectivity index (χ2n) is 4.21. The summed E-state index contributed by atoms with van der Waals surface area (Å²) in [5.41, 5.74) is -0.488. The van der Waals surface area contributed by atoms with Crippen LogP contribution in [0.2, 0.25) is 0 Å². The highest BCUT2D eigenvalue weighted by molar-refractivity contribution is 8.00. The fraction of sp³-hybridized carbons (Fsp3) is 0.143. The van der Waals surface area contributed by atoms with E-state index in [1.54, 1.807) is 25.1 Å². The van der Waals surface area contributed by atoms with Gasteiger partial charge in [0, 0.05) is 12.1 Å². The zero-order valence-corrected chi connectivity index (χ0v) is 11.9. The molecule has 2 aromatic rings. The summed E-state index contributed by atoms with van der Waals surface area (Å²) in [6.07, 6.45) is 1.31. The van der Waals surface area contributed by atoms with Crippen molar-refractivity contribution >= 4 is 23.4 Å². The predicted octanol–water partition coefficient (Wildman–Crippen LogP) is 2.72.